The molecular formula is C13H22N2O3. The number of nitrogens with zero attached hydrogens (tertiary/aromatic N) is 2. The Bertz CT molecular complexity index is 324. The van der Waals surface area contributed by atoms with Gasteiger partial charge in [0, 0.05) is 12.6 Å². The molecule has 0 aromatic carbocycles. The van der Waals surface area contributed by atoms with Gasteiger partial charge in [-0.1, -0.05) is 25.7 Å². The number of carbonyl (C=O) groups excluding carboxylic acids is 1. The molecule has 102 valence electrons. The van der Waals surface area contributed by atoms with E-state index in [1.807, 2.05) is 0 Å². The lowest BCUT2D eigenvalue weighted by molar-refractivity contribution is -0.158. The monoisotopic (exact) mass is 254 g/mol. The highest BCUT2D eigenvalue weighted by molar-refractivity contribution is 5.86. The number of aliphatic carboxylic acids is 1. The first-order valence-electron chi connectivity index (χ1n) is 6.82. The number of likely N-dealkylation sites (N-methyl/N-ethyl adjacent to an activating group) is 1. The van der Waals surface area contributed by atoms with Gasteiger partial charge >= 0.3 is 5.97 Å². The van der Waals surface area contributed by atoms with Crippen LogP contribution < -0.4 is 0 Å². The Hall–Kier alpha value is -1.10. The lowest BCUT2D eigenvalue weighted by Gasteiger charge is -2.42. The van der Waals surface area contributed by atoms with E-state index in [0.717, 1.165) is 25.7 Å². The number of piperazine rings is 1. The van der Waals surface area contributed by atoms with Gasteiger partial charge < -0.3 is 10.0 Å². The fraction of sp³-hybridized carbons (Fsp3) is 0.846. The molecule has 1 saturated heterocycles. The first-order valence-corrected chi connectivity index (χ1v) is 6.82. The van der Waals surface area contributed by atoms with E-state index in [9.17, 15) is 14.7 Å². The van der Waals surface area contributed by atoms with Crippen LogP contribution in [0.15, 0.2) is 0 Å². The summed E-state index contributed by atoms with van der Waals surface area (Å²) in [6.45, 7) is 0.790. The summed E-state index contributed by atoms with van der Waals surface area (Å²) in [6, 6.07) is -0.533. The number of hydrogen-bond acceptors (Lipinski definition) is 3. The van der Waals surface area contributed by atoms with Gasteiger partial charge in [0.05, 0.1) is 6.54 Å². The third-order valence-corrected chi connectivity index (χ3v) is 4.02. The fourth-order valence-corrected chi connectivity index (χ4v) is 3.13. The van der Waals surface area contributed by atoms with Crippen molar-refractivity contribution in [3.63, 3.8) is 0 Å². The maximum atomic E-state index is 12.2. The minimum atomic E-state index is -0.876. The standard InChI is InChI=1S/C13H22N2O3/c1-14-8-11(13(17)18)15(12(16)9-14)10-6-4-2-3-5-7-10/h10-11H,2-9H2,1H3,(H,17,18). The van der Waals surface area contributed by atoms with Gasteiger partial charge in [0.2, 0.25) is 5.91 Å². The minimum absolute atomic E-state index is 0.0250. The van der Waals surface area contributed by atoms with Crippen molar-refractivity contribution in [1.29, 1.82) is 0 Å². The highest BCUT2D eigenvalue weighted by atomic mass is 16.4. The SMILES string of the molecule is CN1CC(=O)N(C2CCCCCC2)C(C(=O)O)C1. The van der Waals surface area contributed by atoms with E-state index in [0.29, 0.717) is 13.1 Å². The van der Waals surface area contributed by atoms with Gasteiger partial charge in [0.15, 0.2) is 0 Å². The quantitative estimate of drug-likeness (QED) is 0.745. The van der Waals surface area contributed by atoms with Gasteiger partial charge in [0.25, 0.3) is 0 Å². The lowest BCUT2D eigenvalue weighted by atomic mass is 10.0. The van der Waals surface area contributed by atoms with Gasteiger partial charge in [-0.15, -0.1) is 0 Å². The van der Waals surface area contributed by atoms with Crippen molar-refractivity contribution in [2.45, 2.75) is 50.6 Å². The van der Waals surface area contributed by atoms with Crippen LogP contribution in [0.3, 0.4) is 0 Å². The largest absolute Gasteiger partial charge is 0.480 e. The van der Waals surface area contributed by atoms with Crippen molar-refractivity contribution in [3.05, 3.63) is 0 Å². The summed E-state index contributed by atoms with van der Waals surface area (Å²) in [5.74, 6) is -0.901. The van der Waals surface area contributed by atoms with Gasteiger partial charge in [-0.25, -0.2) is 4.79 Å². The molecule has 18 heavy (non-hydrogen) atoms. The van der Waals surface area contributed by atoms with Crippen molar-refractivity contribution >= 4 is 11.9 Å². The zero-order valence-corrected chi connectivity index (χ0v) is 11.0. The Balaban J connectivity index is 2.15. The summed E-state index contributed by atoms with van der Waals surface area (Å²) in [7, 11) is 1.80. The Morgan fingerprint density at radius 2 is 1.83 bits per heavy atom. The molecule has 1 saturated carbocycles. The molecule has 1 aliphatic carbocycles. The van der Waals surface area contributed by atoms with E-state index in [1.54, 1.807) is 16.8 Å². The Labute approximate surface area is 108 Å². The molecule has 5 nitrogen and oxygen atoms in total. The van der Waals surface area contributed by atoms with Crippen LogP contribution in [0.25, 0.3) is 0 Å². The van der Waals surface area contributed by atoms with E-state index < -0.39 is 12.0 Å². The molecule has 1 unspecified atom stereocenters. The van der Waals surface area contributed by atoms with Crippen LogP contribution in [0.1, 0.15) is 38.5 Å². The first kappa shape index (κ1) is 13.3. The van der Waals surface area contributed by atoms with Gasteiger partial charge in [0.1, 0.15) is 6.04 Å². The summed E-state index contributed by atoms with van der Waals surface area (Å²) < 4.78 is 0. The van der Waals surface area contributed by atoms with Crippen molar-refractivity contribution in [3.8, 4) is 0 Å². The normalized spacial score (nSPS) is 28.2. The zero-order chi connectivity index (χ0) is 13.1. The molecule has 2 fully saturated rings. The fourth-order valence-electron chi connectivity index (χ4n) is 3.13. The van der Waals surface area contributed by atoms with E-state index in [2.05, 4.69) is 0 Å². The van der Waals surface area contributed by atoms with Gasteiger partial charge in [-0.3, -0.25) is 9.69 Å². The minimum Gasteiger partial charge on any atom is -0.480 e. The highest BCUT2D eigenvalue weighted by Crippen LogP contribution is 2.25. The summed E-state index contributed by atoms with van der Waals surface area (Å²) in [6.07, 6.45) is 6.54. The molecule has 1 amide bonds. The van der Waals surface area contributed by atoms with Crippen molar-refractivity contribution in [2.75, 3.05) is 20.1 Å². The second-order valence-corrected chi connectivity index (χ2v) is 5.50. The Morgan fingerprint density at radius 1 is 1.22 bits per heavy atom. The number of amides is 1. The number of carbonyl (C=O) groups is 2. The first-order chi connectivity index (χ1) is 8.59. The molecule has 0 aromatic rings. The van der Waals surface area contributed by atoms with Crippen LogP contribution in [-0.2, 0) is 9.59 Å². The molecule has 0 radical (unpaired) electrons. The third kappa shape index (κ3) is 2.83. The third-order valence-electron chi connectivity index (χ3n) is 4.02. The predicted molar refractivity (Wildman–Crippen MR) is 67.3 cm³/mol. The Morgan fingerprint density at radius 3 is 2.39 bits per heavy atom. The zero-order valence-electron chi connectivity index (χ0n) is 11.0. The van der Waals surface area contributed by atoms with Crippen molar-refractivity contribution < 1.29 is 14.7 Å². The molecule has 2 rings (SSSR count). The molecule has 0 aromatic heterocycles. The molecular weight excluding hydrogens is 232 g/mol. The highest BCUT2D eigenvalue weighted by Gasteiger charge is 2.39. The van der Waals surface area contributed by atoms with Crippen LogP contribution in [0.2, 0.25) is 0 Å². The van der Waals surface area contributed by atoms with Crippen LogP contribution in [0.5, 0.6) is 0 Å². The second kappa shape index (κ2) is 5.69. The number of rotatable bonds is 2. The van der Waals surface area contributed by atoms with E-state index >= 15 is 0 Å². The smallest absolute Gasteiger partial charge is 0.327 e. The van der Waals surface area contributed by atoms with Crippen molar-refractivity contribution in [2.24, 2.45) is 0 Å². The maximum absolute atomic E-state index is 12.2. The average molecular weight is 254 g/mol. The van der Waals surface area contributed by atoms with E-state index in [-0.39, 0.29) is 11.9 Å². The summed E-state index contributed by atoms with van der Waals surface area (Å²) in [4.78, 5) is 27.0. The molecule has 5 heteroatoms. The van der Waals surface area contributed by atoms with Crippen LogP contribution in [0, 0.1) is 0 Å². The van der Waals surface area contributed by atoms with Crippen molar-refractivity contribution in [1.82, 2.24) is 9.80 Å². The molecule has 1 N–H and O–H groups in total. The second-order valence-electron chi connectivity index (χ2n) is 5.50. The van der Waals surface area contributed by atoms with E-state index in [1.165, 1.54) is 12.8 Å². The lowest BCUT2D eigenvalue weighted by Crippen LogP contribution is -2.61. The van der Waals surface area contributed by atoms with Crippen LogP contribution >= 0.6 is 0 Å². The average Bonchev–Trinajstić information content (AvgIpc) is 2.56. The predicted octanol–water partition coefficient (Wildman–Crippen LogP) is 0.936. The molecule has 0 bridgehead atoms. The summed E-state index contributed by atoms with van der Waals surface area (Å²) >= 11 is 0. The van der Waals surface area contributed by atoms with Gasteiger partial charge in [-0.05, 0) is 19.9 Å². The maximum Gasteiger partial charge on any atom is 0.327 e. The van der Waals surface area contributed by atoms with E-state index in [4.69, 9.17) is 0 Å². The van der Waals surface area contributed by atoms with Crippen LogP contribution in [0.4, 0.5) is 0 Å². The number of hydrogen-bond donors (Lipinski definition) is 1. The summed E-state index contributed by atoms with van der Waals surface area (Å²) in [5, 5.41) is 9.32. The number of carboxylic acids is 1. The molecule has 2 aliphatic rings. The van der Waals surface area contributed by atoms with Crippen LogP contribution in [-0.4, -0.2) is 59.0 Å². The Kier molecular flexibility index (Phi) is 4.22. The topological polar surface area (TPSA) is 60.9 Å². The molecule has 0 spiro atoms. The van der Waals surface area contributed by atoms with Gasteiger partial charge in [-0.2, -0.15) is 0 Å². The molecule has 1 atom stereocenters. The molecule has 1 aliphatic heterocycles. The number of carboxylic acid groups (broad SMARTS) is 1. The molecule has 1 heterocycles. The summed E-state index contributed by atoms with van der Waals surface area (Å²) in [5.41, 5.74) is 0.